The van der Waals surface area contributed by atoms with Crippen LogP contribution >= 0.6 is 0 Å². The average Bonchev–Trinajstić information content (AvgIpc) is 2.79. The first kappa shape index (κ1) is 21.7. The highest BCUT2D eigenvalue weighted by molar-refractivity contribution is 7.89. The van der Waals surface area contributed by atoms with Crippen molar-refractivity contribution < 1.29 is 13.2 Å². The number of nitrogens with one attached hydrogen (secondary N) is 1. The summed E-state index contributed by atoms with van der Waals surface area (Å²) in [5.41, 5.74) is 1.77. The summed E-state index contributed by atoms with van der Waals surface area (Å²) in [5.74, 6) is 0.482. The molecule has 9 heteroatoms. The van der Waals surface area contributed by atoms with Gasteiger partial charge < -0.3 is 9.88 Å². The van der Waals surface area contributed by atoms with Crippen molar-refractivity contribution in [2.45, 2.75) is 51.6 Å². The predicted molar refractivity (Wildman–Crippen MR) is 117 cm³/mol. The van der Waals surface area contributed by atoms with Gasteiger partial charge in [0, 0.05) is 18.7 Å². The number of likely N-dealkylation sites (tertiary alicyclic amines) is 1. The molecule has 1 amide bonds. The topological polar surface area (TPSA) is 103 Å². The standard InChI is InChI=1S/C22H28N4O4S/c1-2-31(29,30)25-13-11-17-18(15-25)23-21(24-22(17)28)19-10-6-7-12-26(19)20(27)14-16-8-4-3-5-9-16/h3-5,8-9,19H,2,6-7,10-15H2,1H3,(H,23,24,28)/t19-/m1/s1. The maximum absolute atomic E-state index is 13.1. The summed E-state index contributed by atoms with van der Waals surface area (Å²) in [6.07, 6.45) is 3.22. The number of hydrogen-bond donors (Lipinski definition) is 1. The molecule has 0 saturated carbocycles. The molecule has 1 saturated heterocycles. The highest BCUT2D eigenvalue weighted by atomic mass is 32.2. The van der Waals surface area contributed by atoms with Gasteiger partial charge in [-0.25, -0.2) is 13.4 Å². The van der Waals surface area contributed by atoms with Crippen molar-refractivity contribution in [3.8, 4) is 0 Å². The molecule has 1 fully saturated rings. The summed E-state index contributed by atoms with van der Waals surface area (Å²) in [4.78, 5) is 35.2. The largest absolute Gasteiger partial charge is 0.332 e. The zero-order valence-corrected chi connectivity index (χ0v) is 18.5. The summed E-state index contributed by atoms with van der Waals surface area (Å²) in [5, 5.41) is 0. The van der Waals surface area contributed by atoms with Crippen LogP contribution in [-0.4, -0.2) is 52.3 Å². The third-order valence-electron chi connectivity index (χ3n) is 6.15. The van der Waals surface area contributed by atoms with Crippen molar-refractivity contribution in [3.05, 3.63) is 63.3 Å². The summed E-state index contributed by atoms with van der Waals surface area (Å²) >= 11 is 0. The second-order valence-electron chi connectivity index (χ2n) is 8.12. The Bertz CT molecular complexity index is 1110. The average molecular weight is 445 g/mol. The lowest BCUT2D eigenvalue weighted by Gasteiger charge is -2.36. The number of aromatic amines is 1. The van der Waals surface area contributed by atoms with E-state index in [2.05, 4.69) is 9.97 Å². The molecular formula is C22H28N4O4S. The molecule has 0 bridgehead atoms. The van der Waals surface area contributed by atoms with Crippen molar-refractivity contribution in [1.82, 2.24) is 19.2 Å². The Morgan fingerprint density at radius 3 is 2.71 bits per heavy atom. The molecule has 31 heavy (non-hydrogen) atoms. The fourth-order valence-electron chi connectivity index (χ4n) is 4.40. The van der Waals surface area contributed by atoms with Gasteiger partial charge in [0.2, 0.25) is 15.9 Å². The minimum atomic E-state index is -3.36. The predicted octanol–water partition coefficient (Wildman–Crippen LogP) is 1.77. The van der Waals surface area contributed by atoms with E-state index in [0.29, 0.717) is 43.0 Å². The van der Waals surface area contributed by atoms with E-state index in [1.165, 1.54) is 4.31 Å². The van der Waals surface area contributed by atoms with Crippen LogP contribution in [0, 0.1) is 0 Å². The Labute approximate surface area is 182 Å². The summed E-state index contributed by atoms with van der Waals surface area (Å²) in [7, 11) is -3.36. The summed E-state index contributed by atoms with van der Waals surface area (Å²) in [6.45, 7) is 2.62. The quantitative estimate of drug-likeness (QED) is 0.757. The van der Waals surface area contributed by atoms with E-state index in [4.69, 9.17) is 0 Å². The normalized spacial score (nSPS) is 19.8. The first-order chi connectivity index (χ1) is 14.9. The van der Waals surface area contributed by atoms with Crippen LogP contribution in [0.15, 0.2) is 35.1 Å². The maximum Gasteiger partial charge on any atom is 0.254 e. The van der Waals surface area contributed by atoms with E-state index in [0.717, 1.165) is 24.8 Å². The molecule has 1 atom stereocenters. The Hall–Kier alpha value is -2.52. The van der Waals surface area contributed by atoms with Crippen LogP contribution in [-0.2, 0) is 34.2 Å². The van der Waals surface area contributed by atoms with Gasteiger partial charge in [-0.2, -0.15) is 4.31 Å². The highest BCUT2D eigenvalue weighted by Crippen LogP contribution is 2.30. The molecule has 3 heterocycles. The third-order valence-corrected chi connectivity index (χ3v) is 7.98. The molecule has 0 unspecified atom stereocenters. The number of rotatable bonds is 5. The van der Waals surface area contributed by atoms with Crippen LogP contribution in [0.25, 0.3) is 0 Å². The van der Waals surface area contributed by atoms with E-state index < -0.39 is 10.0 Å². The van der Waals surface area contributed by atoms with Crippen molar-refractivity contribution in [2.75, 3.05) is 18.8 Å². The monoisotopic (exact) mass is 444 g/mol. The minimum Gasteiger partial charge on any atom is -0.332 e. The van der Waals surface area contributed by atoms with E-state index in [1.54, 1.807) is 6.92 Å². The third kappa shape index (κ3) is 4.57. The van der Waals surface area contributed by atoms with Gasteiger partial charge in [0.25, 0.3) is 5.56 Å². The van der Waals surface area contributed by atoms with Gasteiger partial charge in [-0.1, -0.05) is 30.3 Å². The number of fused-ring (bicyclic) bond motifs is 1. The van der Waals surface area contributed by atoms with E-state index in [9.17, 15) is 18.0 Å². The Morgan fingerprint density at radius 2 is 1.97 bits per heavy atom. The maximum atomic E-state index is 13.1. The van der Waals surface area contributed by atoms with Crippen LogP contribution in [0.2, 0.25) is 0 Å². The number of nitrogens with zero attached hydrogens (tertiary/aromatic N) is 3. The summed E-state index contributed by atoms with van der Waals surface area (Å²) in [6, 6.07) is 9.30. The molecule has 0 spiro atoms. The van der Waals surface area contributed by atoms with Crippen molar-refractivity contribution in [3.63, 3.8) is 0 Å². The molecule has 0 radical (unpaired) electrons. The second kappa shape index (κ2) is 8.92. The Morgan fingerprint density at radius 1 is 1.19 bits per heavy atom. The van der Waals surface area contributed by atoms with E-state index >= 15 is 0 Å². The molecule has 4 rings (SSSR count). The molecule has 1 N–H and O–H groups in total. The Balaban J connectivity index is 1.62. The molecule has 2 aliphatic heterocycles. The first-order valence-corrected chi connectivity index (χ1v) is 12.4. The lowest BCUT2D eigenvalue weighted by molar-refractivity contribution is -0.134. The molecule has 2 aliphatic rings. The minimum absolute atomic E-state index is 0.00598. The van der Waals surface area contributed by atoms with Gasteiger partial charge in [-0.3, -0.25) is 9.59 Å². The number of benzene rings is 1. The van der Waals surface area contributed by atoms with Crippen molar-refractivity contribution in [2.24, 2.45) is 0 Å². The Kier molecular flexibility index (Phi) is 6.24. The van der Waals surface area contributed by atoms with Gasteiger partial charge in [0.05, 0.1) is 30.5 Å². The SMILES string of the molecule is CCS(=O)(=O)N1CCc2c(nc([C@H]3CCCCN3C(=O)Cc3ccccc3)[nH]c2=O)C1. The van der Waals surface area contributed by atoms with Gasteiger partial charge in [0.1, 0.15) is 5.82 Å². The zero-order valence-electron chi connectivity index (χ0n) is 17.7. The molecule has 0 aliphatic carbocycles. The summed E-state index contributed by atoms with van der Waals surface area (Å²) < 4.78 is 26.0. The van der Waals surface area contributed by atoms with Crippen molar-refractivity contribution >= 4 is 15.9 Å². The van der Waals surface area contributed by atoms with E-state index in [1.807, 2.05) is 35.2 Å². The number of piperidine rings is 1. The molecule has 166 valence electrons. The van der Waals surface area contributed by atoms with Gasteiger partial charge in [0.15, 0.2) is 0 Å². The number of carbonyl (C=O) groups is 1. The first-order valence-electron chi connectivity index (χ1n) is 10.8. The van der Waals surface area contributed by atoms with Crippen molar-refractivity contribution in [1.29, 1.82) is 0 Å². The number of hydrogen-bond acceptors (Lipinski definition) is 5. The smallest absolute Gasteiger partial charge is 0.254 e. The van der Waals surface area contributed by atoms with Crippen LogP contribution in [0.3, 0.4) is 0 Å². The molecule has 1 aromatic heterocycles. The number of aromatic nitrogens is 2. The van der Waals surface area contributed by atoms with Crippen LogP contribution in [0.1, 0.15) is 54.9 Å². The molecule has 1 aromatic carbocycles. The molecule has 8 nitrogen and oxygen atoms in total. The highest BCUT2D eigenvalue weighted by Gasteiger charge is 2.33. The second-order valence-corrected chi connectivity index (χ2v) is 10.4. The van der Waals surface area contributed by atoms with Gasteiger partial charge >= 0.3 is 0 Å². The van der Waals surface area contributed by atoms with Crippen LogP contribution in [0.5, 0.6) is 0 Å². The zero-order chi connectivity index (χ0) is 22.0. The molecule has 2 aromatic rings. The van der Waals surface area contributed by atoms with Gasteiger partial charge in [-0.15, -0.1) is 0 Å². The fraction of sp³-hybridized carbons (Fsp3) is 0.500. The van der Waals surface area contributed by atoms with Crippen LogP contribution in [0.4, 0.5) is 0 Å². The van der Waals surface area contributed by atoms with E-state index in [-0.39, 0.29) is 29.8 Å². The van der Waals surface area contributed by atoms with Gasteiger partial charge in [-0.05, 0) is 38.2 Å². The fourth-order valence-corrected chi connectivity index (χ4v) is 5.45. The molecular weight excluding hydrogens is 416 g/mol. The lowest BCUT2D eigenvalue weighted by atomic mass is 9.99. The lowest BCUT2D eigenvalue weighted by Crippen LogP contribution is -2.43. The number of sulfonamides is 1. The van der Waals surface area contributed by atoms with Crippen LogP contribution < -0.4 is 5.56 Å². The number of carbonyl (C=O) groups excluding carboxylic acids is 1. The number of H-pyrrole nitrogens is 1. The number of amides is 1.